The molecule has 37 heavy (non-hydrogen) atoms. The van der Waals surface area contributed by atoms with Gasteiger partial charge < -0.3 is 19.9 Å². The molecule has 1 aliphatic rings. The summed E-state index contributed by atoms with van der Waals surface area (Å²) in [5.41, 5.74) is 2.43. The summed E-state index contributed by atoms with van der Waals surface area (Å²) < 4.78 is 7.65. The van der Waals surface area contributed by atoms with Crippen molar-refractivity contribution < 1.29 is 9.53 Å². The maximum absolute atomic E-state index is 13.2. The van der Waals surface area contributed by atoms with Crippen LogP contribution in [0.4, 0.5) is 11.6 Å². The van der Waals surface area contributed by atoms with Crippen molar-refractivity contribution in [2.75, 3.05) is 64.1 Å². The van der Waals surface area contributed by atoms with Gasteiger partial charge in [-0.15, -0.1) is 0 Å². The number of fused-ring (bicyclic) bond motifs is 1. The van der Waals surface area contributed by atoms with E-state index in [-0.39, 0.29) is 5.91 Å². The predicted octanol–water partition coefficient (Wildman–Crippen LogP) is 3.40. The molecule has 0 aliphatic carbocycles. The van der Waals surface area contributed by atoms with Crippen LogP contribution in [0.3, 0.4) is 0 Å². The van der Waals surface area contributed by atoms with E-state index in [0.29, 0.717) is 12.5 Å². The number of carbonyl (C=O) groups excluding carboxylic acids is 1. The van der Waals surface area contributed by atoms with Crippen LogP contribution < -0.4 is 15.4 Å². The molecule has 9 nitrogen and oxygen atoms in total. The molecule has 0 bridgehead atoms. The van der Waals surface area contributed by atoms with Crippen molar-refractivity contribution in [3.63, 3.8) is 0 Å². The molecule has 9 heteroatoms. The Bertz CT molecular complexity index is 1350. The lowest BCUT2D eigenvalue weighted by molar-refractivity contribution is -0.117. The Labute approximate surface area is 217 Å². The van der Waals surface area contributed by atoms with Crippen molar-refractivity contribution in [1.29, 1.82) is 0 Å². The lowest BCUT2D eigenvalue weighted by atomic mass is 10.0. The standard InChI is InChI=1S/C28H33N7O2/c1-29-28-30-8-7-25(32-28)22-17-21-5-6-23(37-2)19-24(21)26(18-22)31-27(36)20-35-15-13-34(14-16-35)12-11-33-9-3-4-10-33/h3-10,17-19H,11-16,20H2,1-2H3,(H,31,36)(H,29,30,32). The van der Waals surface area contributed by atoms with Gasteiger partial charge in [-0.25, -0.2) is 9.97 Å². The number of carbonyl (C=O) groups is 1. The third-order valence-electron chi connectivity index (χ3n) is 6.78. The zero-order valence-corrected chi connectivity index (χ0v) is 21.4. The van der Waals surface area contributed by atoms with E-state index >= 15 is 0 Å². The Morgan fingerprint density at radius 2 is 1.78 bits per heavy atom. The van der Waals surface area contributed by atoms with Gasteiger partial charge in [0.25, 0.3) is 0 Å². The Kier molecular flexibility index (Phi) is 7.62. The number of nitrogens with one attached hydrogen (secondary N) is 2. The monoisotopic (exact) mass is 499 g/mol. The Morgan fingerprint density at radius 3 is 2.54 bits per heavy atom. The van der Waals surface area contributed by atoms with Crippen molar-refractivity contribution in [2.45, 2.75) is 6.54 Å². The van der Waals surface area contributed by atoms with Crippen molar-refractivity contribution in [1.82, 2.24) is 24.3 Å². The number of piperazine rings is 1. The summed E-state index contributed by atoms with van der Waals surface area (Å²) >= 11 is 0. The van der Waals surface area contributed by atoms with Crippen LogP contribution in [0.25, 0.3) is 22.0 Å². The summed E-state index contributed by atoms with van der Waals surface area (Å²) in [4.78, 5) is 26.6. The van der Waals surface area contributed by atoms with Crippen LogP contribution in [-0.2, 0) is 11.3 Å². The molecule has 4 aromatic rings. The van der Waals surface area contributed by atoms with Crippen LogP contribution in [0.5, 0.6) is 5.75 Å². The third kappa shape index (κ3) is 6.07. The topological polar surface area (TPSA) is 87.6 Å². The smallest absolute Gasteiger partial charge is 0.238 e. The van der Waals surface area contributed by atoms with Crippen LogP contribution in [0.1, 0.15) is 0 Å². The molecular weight excluding hydrogens is 466 g/mol. The Hall–Kier alpha value is -3.95. The molecule has 192 valence electrons. The molecule has 2 aromatic heterocycles. The number of benzene rings is 2. The van der Waals surface area contributed by atoms with E-state index < -0.39 is 0 Å². The number of ether oxygens (including phenoxy) is 1. The maximum Gasteiger partial charge on any atom is 0.238 e. The van der Waals surface area contributed by atoms with Crippen LogP contribution in [0.15, 0.2) is 67.1 Å². The van der Waals surface area contributed by atoms with Gasteiger partial charge in [0.15, 0.2) is 0 Å². The van der Waals surface area contributed by atoms with Crippen LogP contribution >= 0.6 is 0 Å². The van der Waals surface area contributed by atoms with Crippen molar-refractivity contribution >= 4 is 28.3 Å². The van der Waals surface area contributed by atoms with E-state index in [1.807, 2.05) is 30.3 Å². The number of rotatable bonds is 9. The minimum atomic E-state index is -0.0272. The summed E-state index contributed by atoms with van der Waals surface area (Å²) in [6.45, 7) is 6.05. The first kappa shape index (κ1) is 24.7. The van der Waals surface area contributed by atoms with Gasteiger partial charge in [-0.3, -0.25) is 14.6 Å². The molecule has 1 amide bonds. The van der Waals surface area contributed by atoms with Crippen LogP contribution in [0, 0.1) is 0 Å². The van der Waals surface area contributed by atoms with Crippen LogP contribution in [0.2, 0.25) is 0 Å². The quantitative estimate of drug-likeness (QED) is 0.365. The van der Waals surface area contributed by atoms with Crippen molar-refractivity contribution in [2.24, 2.45) is 0 Å². The van der Waals surface area contributed by atoms with E-state index in [1.165, 1.54) is 0 Å². The summed E-state index contributed by atoms with van der Waals surface area (Å²) in [6, 6.07) is 15.9. The fourth-order valence-electron chi connectivity index (χ4n) is 4.70. The molecule has 1 saturated heterocycles. The van der Waals surface area contributed by atoms with Gasteiger partial charge in [0.1, 0.15) is 5.75 Å². The van der Waals surface area contributed by atoms with E-state index in [2.05, 4.69) is 65.6 Å². The molecule has 0 radical (unpaired) electrons. The lowest BCUT2D eigenvalue weighted by Gasteiger charge is -2.34. The molecule has 0 unspecified atom stereocenters. The largest absolute Gasteiger partial charge is 0.497 e. The molecule has 5 rings (SSSR count). The highest BCUT2D eigenvalue weighted by Crippen LogP contribution is 2.33. The highest BCUT2D eigenvalue weighted by atomic mass is 16.5. The fraction of sp³-hybridized carbons (Fsp3) is 0.321. The highest BCUT2D eigenvalue weighted by molar-refractivity contribution is 6.05. The van der Waals surface area contributed by atoms with E-state index in [1.54, 1.807) is 20.4 Å². The number of hydrogen-bond acceptors (Lipinski definition) is 7. The summed E-state index contributed by atoms with van der Waals surface area (Å²) in [7, 11) is 3.44. The average Bonchev–Trinajstić information content (AvgIpc) is 3.46. The normalized spacial score (nSPS) is 14.5. The molecule has 1 fully saturated rings. The van der Waals surface area contributed by atoms with Crippen LogP contribution in [-0.4, -0.2) is 83.7 Å². The number of hydrogen-bond donors (Lipinski definition) is 2. The molecule has 2 N–H and O–H groups in total. The zero-order chi connectivity index (χ0) is 25.6. The van der Waals surface area contributed by atoms with Gasteiger partial charge in [-0.1, -0.05) is 6.07 Å². The van der Waals surface area contributed by atoms with Gasteiger partial charge in [0, 0.05) is 81.5 Å². The predicted molar refractivity (Wildman–Crippen MR) is 147 cm³/mol. The number of methoxy groups -OCH3 is 1. The number of aromatic nitrogens is 3. The van der Waals surface area contributed by atoms with Gasteiger partial charge >= 0.3 is 0 Å². The summed E-state index contributed by atoms with van der Waals surface area (Å²) in [5, 5.41) is 8.07. The van der Waals surface area contributed by atoms with Gasteiger partial charge in [-0.05, 0) is 47.9 Å². The number of amides is 1. The average molecular weight is 500 g/mol. The molecule has 0 saturated carbocycles. The first-order chi connectivity index (χ1) is 18.1. The maximum atomic E-state index is 13.2. The first-order valence-electron chi connectivity index (χ1n) is 12.6. The number of anilines is 2. The molecule has 2 aromatic carbocycles. The lowest BCUT2D eigenvalue weighted by Crippen LogP contribution is -2.49. The highest BCUT2D eigenvalue weighted by Gasteiger charge is 2.19. The summed E-state index contributed by atoms with van der Waals surface area (Å²) in [5.74, 6) is 1.26. The molecule has 3 heterocycles. The Balaban J connectivity index is 1.28. The van der Waals surface area contributed by atoms with E-state index in [9.17, 15) is 4.79 Å². The minimum Gasteiger partial charge on any atom is -0.497 e. The molecule has 0 atom stereocenters. The van der Waals surface area contributed by atoms with Crippen molar-refractivity contribution in [3.8, 4) is 17.0 Å². The van der Waals surface area contributed by atoms with Gasteiger partial charge in [0.05, 0.1) is 19.3 Å². The second kappa shape index (κ2) is 11.4. The fourth-order valence-corrected chi connectivity index (χ4v) is 4.70. The zero-order valence-electron chi connectivity index (χ0n) is 21.4. The molecule has 1 aliphatic heterocycles. The third-order valence-corrected chi connectivity index (χ3v) is 6.78. The van der Waals surface area contributed by atoms with Gasteiger partial charge in [-0.2, -0.15) is 0 Å². The SMILES string of the molecule is CNc1nccc(-c2cc(NC(=O)CN3CCN(CCn4cccc4)CC3)c3cc(OC)ccc3c2)n1. The number of nitrogens with zero attached hydrogens (tertiary/aromatic N) is 5. The first-order valence-corrected chi connectivity index (χ1v) is 12.6. The molecule has 0 spiro atoms. The minimum absolute atomic E-state index is 0.0272. The van der Waals surface area contributed by atoms with E-state index in [4.69, 9.17) is 4.74 Å². The Morgan fingerprint density at radius 1 is 1.00 bits per heavy atom. The van der Waals surface area contributed by atoms with E-state index in [0.717, 1.165) is 72.7 Å². The summed E-state index contributed by atoms with van der Waals surface area (Å²) in [6.07, 6.45) is 5.92. The molecular formula is C28H33N7O2. The second-order valence-corrected chi connectivity index (χ2v) is 9.21. The second-order valence-electron chi connectivity index (χ2n) is 9.21. The van der Waals surface area contributed by atoms with Gasteiger partial charge in [0.2, 0.25) is 11.9 Å². The van der Waals surface area contributed by atoms with Crippen molar-refractivity contribution in [3.05, 3.63) is 67.1 Å².